The molecule has 9 nitrogen and oxygen atoms in total. The fourth-order valence-corrected chi connectivity index (χ4v) is 4.83. The van der Waals surface area contributed by atoms with Gasteiger partial charge in [0.2, 0.25) is 0 Å². The van der Waals surface area contributed by atoms with E-state index in [9.17, 15) is 4.79 Å². The van der Waals surface area contributed by atoms with Crippen LogP contribution in [0.15, 0.2) is 77.6 Å². The van der Waals surface area contributed by atoms with Gasteiger partial charge in [-0.1, -0.05) is 49.4 Å². The van der Waals surface area contributed by atoms with E-state index in [1.807, 2.05) is 53.2 Å². The van der Waals surface area contributed by atoms with E-state index >= 15 is 0 Å². The van der Waals surface area contributed by atoms with Gasteiger partial charge in [0.05, 0.1) is 27.3 Å². The standard InChI is InChI=1S/C31H34N6O3/c1-4-22-10-12-27-25(16-22)18-26(31(38)32-27)20-36(15-14-23-11-13-28(39-2)29(17-23)40-3)21-30-33-34-35-37(30)19-24-8-6-5-7-9-24/h5-13,16-18H,4,14-15,19-21H2,1-3H3,(H,32,38). The van der Waals surface area contributed by atoms with Crippen molar-refractivity contribution in [3.63, 3.8) is 0 Å². The summed E-state index contributed by atoms with van der Waals surface area (Å²) in [5, 5.41) is 13.6. The molecule has 0 fully saturated rings. The van der Waals surface area contributed by atoms with Crippen molar-refractivity contribution in [3.05, 3.63) is 111 Å². The Morgan fingerprint density at radius 2 is 1.68 bits per heavy atom. The van der Waals surface area contributed by atoms with Gasteiger partial charge in [0.25, 0.3) is 5.56 Å². The molecule has 0 bridgehead atoms. The normalized spacial score (nSPS) is 11.3. The molecule has 2 aromatic heterocycles. The number of aromatic nitrogens is 5. The molecular weight excluding hydrogens is 504 g/mol. The third kappa shape index (κ3) is 6.38. The van der Waals surface area contributed by atoms with E-state index in [0.29, 0.717) is 43.2 Å². The van der Waals surface area contributed by atoms with Gasteiger partial charge in [0, 0.05) is 24.2 Å². The molecule has 1 N–H and O–H groups in total. The Hall–Kier alpha value is -4.50. The molecule has 0 unspecified atom stereocenters. The lowest BCUT2D eigenvalue weighted by Crippen LogP contribution is -2.30. The number of tetrazole rings is 1. The highest BCUT2D eigenvalue weighted by atomic mass is 16.5. The molecule has 5 aromatic rings. The Bertz CT molecular complexity index is 1630. The van der Waals surface area contributed by atoms with Crippen molar-refractivity contribution >= 4 is 10.9 Å². The molecule has 206 valence electrons. The highest BCUT2D eigenvalue weighted by Gasteiger charge is 2.16. The lowest BCUT2D eigenvalue weighted by molar-refractivity contribution is 0.247. The summed E-state index contributed by atoms with van der Waals surface area (Å²) in [6.07, 6.45) is 1.68. The van der Waals surface area contributed by atoms with Gasteiger partial charge < -0.3 is 14.5 Å². The molecule has 40 heavy (non-hydrogen) atoms. The van der Waals surface area contributed by atoms with Crippen LogP contribution >= 0.6 is 0 Å². The third-order valence-corrected chi connectivity index (χ3v) is 7.10. The highest BCUT2D eigenvalue weighted by molar-refractivity contribution is 5.79. The Morgan fingerprint density at radius 3 is 2.45 bits per heavy atom. The molecule has 0 aliphatic rings. The zero-order chi connectivity index (χ0) is 27.9. The monoisotopic (exact) mass is 538 g/mol. The summed E-state index contributed by atoms with van der Waals surface area (Å²) in [4.78, 5) is 18.4. The number of H-pyrrole nitrogens is 1. The predicted octanol–water partition coefficient (Wildman–Crippen LogP) is 4.39. The van der Waals surface area contributed by atoms with Crippen molar-refractivity contribution in [2.45, 2.75) is 39.4 Å². The Balaban J connectivity index is 1.42. The van der Waals surface area contributed by atoms with Crippen LogP contribution in [-0.2, 0) is 32.5 Å². The number of rotatable bonds is 12. The number of pyridine rings is 1. The van der Waals surface area contributed by atoms with Crippen molar-refractivity contribution in [2.24, 2.45) is 0 Å². The molecule has 9 heteroatoms. The van der Waals surface area contributed by atoms with Gasteiger partial charge in [-0.25, -0.2) is 4.68 Å². The number of nitrogens with one attached hydrogen (secondary N) is 1. The van der Waals surface area contributed by atoms with E-state index < -0.39 is 0 Å². The van der Waals surface area contributed by atoms with Crippen molar-refractivity contribution in [3.8, 4) is 11.5 Å². The van der Waals surface area contributed by atoms with Gasteiger partial charge in [-0.05, 0) is 75.7 Å². The third-order valence-electron chi connectivity index (χ3n) is 7.10. The smallest absolute Gasteiger partial charge is 0.252 e. The van der Waals surface area contributed by atoms with Crippen LogP contribution in [0.2, 0.25) is 0 Å². The molecule has 0 spiro atoms. The number of fused-ring (bicyclic) bond motifs is 1. The van der Waals surface area contributed by atoms with E-state index in [0.717, 1.165) is 40.7 Å². The first-order chi connectivity index (χ1) is 19.6. The zero-order valence-electron chi connectivity index (χ0n) is 23.1. The first kappa shape index (κ1) is 27.1. The van der Waals surface area contributed by atoms with Crippen LogP contribution in [0.3, 0.4) is 0 Å². The number of methoxy groups -OCH3 is 2. The van der Waals surface area contributed by atoms with Crippen molar-refractivity contribution in [1.29, 1.82) is 0 Å². The van der Waals surface area contributed by atoms with Crippen molar-refractivity contribution in [2.75, 3.05) is 20.8 Å². The largest absolute Gasteiger partial charge is 0.493 e. The maximum Gasteiger partial charge on any atom is 0.252 e. The molecule has 0 radical (unpaired) electrons. The maximum atomic E-state index is 13.1. The summed E-state index contributed by atoms with van der Waals surface area (Å²) in [7, 11) is 3.26. The van der Waals surface area contributed by atoms with Crippen LogP contribution in [0.4, 0.5) is 0 Å². The molecule has 0 atom stereocenters. The highest BCUT2D eigenvalue weighted by Crippen LogP contribution is 2.28. The number of nitrogens with zero attached hydrogens (tertiary/aromatic N) is 5. The first-order valence-electron chi connectivity index (χ1n) is 13.4. The van der Waals surface area contributed by atoms with Gasteiger partial charge >= 0.3 is 0 Å². The molecule has 0 saturated carbocycles. The second-order valence-electron chi connectivity index (χ2n) is 9.79. The second kappa shape index (κ2) is 12.6. The molecule has 2 heterocycles. The second-order valence-corrected chi connectivity index (χ2v) is 9.79. The van der Waals surface area contributed by atoms with Crippen LogP contribution < -0.4 is 15.0 Å². The lowest BCUT2D eigenvalue weighted by Gasteiger charge is -2.22. The minimum absolute atomic E-state index is 0.0863. The van der Waals surface area contributed by atoms with Crippen molar-refractivity contribution in [1.82, 2.24) is 30.1 Å². The summed E-state index contributed by atoms with van der Waals surface area (Å²) < 4.78 is 12.7. The quantitative estimate of drug-likeness (QED) is 0.252. The number of hydrogen-bond donors (Lipinski definition) is 1. The summed E-state index contributed by atoms with van der Waals surface area (Å²) in [6, 6.07) is 24.2. The summed E-state index contributed by atoms with van der Waals surface area (Å²) >= 11 is 0. The number of aromatic amines is 1. The Morgan fingerprint density at radius 1 is 0.875 bits per heavy atom. The predicted molar refractivity (Wildman–Crippen MR) is 155 cm³/mol. The van der Waals surface area contributed by atoms with Crippen LogP contribution in [-0.4, -0.2) is 50.9 Å². The number of ether oxygens (including phenoxy) is 2. The van der Waals surface area contributed by atoms with E-state index in [1.165, 1.54) is 5.56 Å². The van der Waals surface area contributed by atoms with Gasteiger partial charge in [0.15, 0.2) is 17.3 Å². The molecule has 0 saturated heterocycles. The first-order valence-corrected chi connectivity index (χ1v) is 13.4. The van der Waals surface area contributed by atoms with Gasteiger partial charge in [0.1, 0.15) is 0 Å². The summed E-state index contributed by atoms with van der Waals surface area (Å²) in [6.45, 7) is 4.32. The van der Waals surface area contributed by atoms with E-state index in [2.05, 4.69) is 56.6 Å². The van der Waals surface area contributed by atoms with E-state index in [4.69, 9.17) is 9.47 Å². The van der Waals surface area contributed by atoms with E-state index in [1.54, 1.807) is 14.2 Å². The topological polar surface area (TPSA) is 98.2 Å². The van der Waals surface area contributed by atoms with E-state index in [-0.39, 0.29) is 5.56 Å². The molecular formula is C31H34N6O3. The molecule has 3 aromatic carbocycles. The fraction of sp³-hybridized carbons (Fsp3) is 0.290. The fourth-order valence-electron chi connectivity index (χ4n) is 4.83. The summed E-state index contributed by atoms with van der Waals surface area (Å²) in [5.41, 5.74) is 4.91. The molecule has 0 aliphatic carbocycles. The SMILES string of the molecule is CCc1ccc2[nH]c(=O)c(CN(CCc3ccc(OC)c(OC)c3)Cc3nnnn3Cc3ccccc3)cc2c1. The average Bonchev–Trinajstić information content (AvgIpc) is 3.42. The summed E-state index contributed by atoms with van der Waals surface area (Å²) in [5.74, 6) is 2.12. The Labute approximate surface area is 233 Å². The number of hydrogen-bond acceptors (Lipinski definition) is 7. The van der Waals surface area contributed by atoms with Gasteiger partial charge in [-0.2, -0.15) is 0 Å². The average molecular weight is 539 g/mol. The minimum Gasteiger partial charge on any atom is -0.493 e. The van der Waals surface area contributed by atoms with Crippen LogP contribution in [0.5, 0.6) is 11.5 Å². The minimum atomic E-state index is -0.0863. The van der Waals surface area contributed by atoms with Crippen LogP contribution in [0, 0.1) is 0 Å². The van der Waals surface area contributed by atoms with Crippen LogP contribution in [0.25, 0.3) is 10.9 Å². The molecule has 0 aliphatic heterocycles. The molecule has 0 amide bonds. The van der Waals surface area contributed by atoms with Crippen LogP contribution in [0.1, 0.15) is 35.0 Å². The lowest BCUT2D eigenvalue weighted by atomic mass is 10.1. The molecule has 5 rings (SSSR count). The Kier molecular flexibility index (Phi) is 8.51. The van der Waals surface area contributed by atoms with Gasteiger partial charge in [-0.15, -0.1) is 5.10 Å². The van der Waals surface area contributed by atoms with Crippen molar-refractivity contribution < 1.29 is 9.47 Å². The maximum absolute atomic E-state index is 13.1. The number of aryl methyl sites for hydroxylation is 1. The zero-order valence-corrected chi connectivity index (χ0v) is 23.1. The van der Waals surface area contributed by atoms with Gasteiger partial charge in [-0.3, -0.25) is 9.69 Å². The number of benzene rings is 3.